The van der Waals surface area contributed by atoms with E-state index >= 15 is 0 Å². The molecule has 2 unspecified atom stereocenters. The number of carbonyl (C=O) groups is 1. The lowest BCUT2D eigenvalue weighted by Gasteiger charge is -2.15. The van der Waals surface area contributed by atoms with E-state index in [1.807, 2.05) is 0 Å². The molecular weight excluding hydrogens is 272 g/mol. The minimum atomic E-state index is -1.25. The van der Waals surface area contributed by atoms with Crippen molar-refractivity contribution in [1.29, 1.82) is 0 Å². The van der Waals surface area contributed by atoms with Gasteiger partial charge in [-0.05, 0) is 13.0 Å². The number of nitro groups is 1. The summed E-state index contributed by atoms with van der Waals surface area (Å²) in [7, 11) is -1.02. The van der Waals surface area contributed by atoms with E-state index in [0.717, 1.165) is 6.07 Å². The van der Waals surface area contributed by atoms with Gasteiger partial charge in [-0.1, -0.05) is 0 Å². The molecule has 0 saturated heterocycles. The summed E-state index contributed by atoms with van der Waals surface area (Å²) in [6, 6.07) is 3.37. The minimum absolute atomic E-state index is 0.178. The summed E-state index contributed by atoms with van der Waals surface area (Å²) in [5.74, 6) is -0.896. The number of anilines is 1. The van der Waals surface area contributed by atoms with Gasteiger partial charge < -0.3 is 10.4 Å². The Morgan fingerprint density at radius 1 is 1.58 bits per heavy atom. The van der Waals surface area contributed by atoms with E-state index in [0.29, 0.717) is 5.75 Å². The summed E-state index contributed by atoms with van der Waals surface area (Å²) in [6.45, 7) is 1.76. The molecule has 8 heteroatoms. The fourth-order valence-corrected chi connectivity index (χ4v) is 2.40. The Balaban J connectivity index is 3.03. The zero-order valence-corrected chi connectivity index (χ0v) is 11.3. The molecule has 0 fully saturated rings. The van der Waals surface area contributed by atoms with Gasteiger partial charge in [0.1, 0.15) is 0 Å². The number of non-ortho nitro benzene ring substituents is 1. The molecule has 0 aliphatic heterocycles. The molecule has 19 heavy (non-hydrogen) atoms. The van der Waals surface area contributed by atoms with Gasteiger partial charge in [0.15, 0.2) is 0 Å². The van der Waals surface area contributed by atoms with Crippen molar-refractivity contribution < 1.29 is 19.0 Å². The third-order valence-electron chi connectivity index (χ3n) is 2.33. The lowest BCUT2D eigenvalue weighted by atomic mass is 10.1. The summed E-state index contributed by atoms with van der Waals surface area (Å²) >= 11 is 0. The molecule has 0 aromatic heterocycles. The smallest absolute Gasteiger partial charge is 0.338 e. The van der Waals surface area contributed by atoms with E-state index in [2.05, 4.69) is 5.32 Å². The Labute approximate surface area is 112 Å². The molecule has 0 aliphatic carbocycles. The first-order chi connectivity index (χ1) is 8.81. The normalized spacial score (nSPS) is 13.6. The number of hydrogen-bond acceptors (Lipinski definition) is 5. The molecule has 0 saturated carbocycles. The van der Waals surface area contributed by atoms with Crippen LogP contribution in [0.25, 0.3) is 0 Å². The number of hydrogen-bond donors (Lipinski definition) is 2. The second kappa shape index (κ2) is 6.28. The predicted octanol–water partition coefficient (Wildman–Crippen LogP) is 1.47. The van der Waals surface area contributed by atoms with Crippen molar-refractivity contribution >= 4 is 28.1 Å². The van der Waals surface area contributed by atoms with Crippen molar-refractivity contribution in [2.24, 2.45) is 0 Å². The second-order valence-electron chi connectivity index (χ2n) is 4.08. The molecular formula is C11H14N2O5S. The fourth-order valence-electron chi connectivity index (χ4n) is 1.61. The number of nitrogens with zero attached hydrogens (tertiary/aromatic N) is 1. The molecule has 0 aliphatic rings. The molecule has 0 bridgehead atoms. The van der Waals surface area contributed by atoms with Crippen LogP contribution in [0.1, 0.15) is 17.3 Å². The first kappa shape index (κ1) is 15.1. The number of aromatic carboxylic acids is 1. The number of nitro benzene ring substituents is 1. The van der Waals surface area contributed by atoms with Gasteiger partial charge in [0, 0.05) is 46.7 Å². The van der Waals surface area contributed by atoms with Crippen LogP contribution in [0.2, 0.25) is 0 Å². The minimum Gasteiger partial charge on any atom is -0.478 e. The van der Waals surface area contributed by atoms with Crippen LogP contribution in [0.4, 0.5) is 11.4 Å². The van der Waals surface area contributed by atoms with Crippen LogP contribution in [0.15, 0.2) is 18.2 Å². The molecule has 1 rings (SSSR count). The monoisotopic (exact) mass is 286 g/mol. The van der Waals surface area contributed by atoms with Gasteiger partial charge in [-0.3, -0.25) is 14.3 Å². The number of rotatable bonds is 6. The van der Waals surface area contributed by atoms with Gasteiger partial charge in [-0.15, -0.1) is 0 Å². The molecule has 0 heterocycles. The highest BCUT2D eigenvalue weighted by atomic mass is 32.2. The summed E-state index contributed by atoms with van der Waals surface area (Å²) < 4.78 is 11.1. The highest BCUT2D eigenvalue weighted by molar-refractivity contribution is 7.84. The Hall–Kier alpha value is -1.96. The third kappa shape index (κ3) is 4.32. The molecule has 0 radical (unpaired) electrons. The first-order valence-corrected chi connectivity index (χ1v) is 7.12. The quantitative estimate of drug-likeness (QED) is 0.605. The second-order valence-corrected chi connectivity index (χ2v) is 5.56. The van der Waals surface area contributed by atoms with Gasteiger partial charge >= 0.3 is 5.97 Å². The van der Waals surface area contributed by atoms with E-state index in [1.54, 1.807) is 13.2 Å². The van der Waals surface area contributed by atoms with Crippen molar-refractivity contribution in [3.05, 3.63) is 33.9 Å². The van der Waals surface area contributed by atoms with Gasteiger partial charge in [0.05, 0.1) is 10.5 Å². The van der Waals surface area contributed by atoms with Gasteiger partial charge in [-0.2, -0.15) is 0 Å². The lowest BCUT2D eigenvalue weighted by molar-refractivity contribution is -0.384. The maximum atomic E-state index is 11.1. The molecule has 1 aromatic rings. The maximum Gasteiger partial charge on any atom is 0.338 e. The Kier molecular flexibility index (Phi) is 4.99. The van der Waals surface area contributed by atoms with E-state index in [4.69, 9.17) is 5.11 Å². The Morgan fingerprint density at radius 3 is 2.68 bits per heavy atom. The fraction of sp³-hybridized carbons (Fsp3) is 0.364. The zero-order valence-electron chi connectivity index (χ0n) is 10.5. The molecule has 2 atom stereocenters. The van der Waals surface area contributed by atoms with Gasteiger partial charge in [0.25, 0.3) is 5.69 Å². The van der Waals surface area contributed by atoms with Crippen LogP contribution >= 0.6 is 0 Å². The SMILES string of the molecule is CC(CS(C)=O)Nc1ccc([N+](=O)[O-])cc1C(=O)O. The summed E-state index contributed by atoms with van der Waals surface area (Å²) in [4.78, 5) is 21.0. The standard InChI is InChI=1S/C11H14N2O5S/c1-7(6-19(2)18)12-10-4-3-8(13(16)17)5-9(10)11(14)15/h3-5,7,12H,6H2,1-2H3,(H,14,15). The van der Waals surface area contributed by atoms with E-state index in [-0.39, 0.29) is 23.0 Å². The summed E-state index contributed by atoms with van der Waals surface area (Å²) in [5, 5.41) is 22.5. The average Bonchev–Trinajstić information content (AvgIpc) is 2.27. The van der Waals surface area contributed by atoms with Crippen LogP contribution in [0, 0.1) is 10.1 Å². The maximum absolute atomic E-state index is 11.1. The van der Waals surface area contributed by atoms with Crippen LogP contribution in [-0.2, 0) is 10.8 Å². The number of carboxylic acids is 1. The highest BCUT2D eigenvalue weighted by Gasteiger charge is 2.17. The van der Waals surface area contributed by atoms with E-state index in [1.165, 1.54) is 12.1 Å². The number of nitrogens with one attached hydrogen (secondary N) is 1. The van der Waals surface area contributed by atoms with Crippen LogP contribution < -0.4 is 5.32 Å². The topological polar surface area (TPSA) is 110 Å². The van der Waals surface area contributed by atoms with Gasteiger partial charge in [-0.25, -0.2) is 4.79 Å². The zero-order chi connectivity index (χ0) is 14.6. The average molecular weight is 286 g/mol. The first-order valence-electron chi connectivity index (χ1n) is 5.39. The van der Waals surface area contributed by atoms with Crippen molar-refractivity contribution in [3.63, 3.8) is 0 Å². The Morgan fingerprint density at radius 2 is 2.21 bits per heavy atom. The summed E-state index contributed by atoms with van der Waals surface area (Å²) in [6.07, 6.45) is 1.55. The lowest BCUT2D eigenvalue weighted by Crippen LogP contribution is -2.23. The molecule has 0 amide bonds. The van der Waals surface area contributed by atoms with Crippen molar-refractivity contribution in [3.8, 4) is 0 Å². The molecule has 104 valence electrons. The van der Waals surface area contributed by atoms with Crippen molar-refractivity contribution in [2.75, 3.05) is 17.3 Å². The highest BCUT2D eigenvalue weighted by Crippen LogP contribution is 2.22. The Bertz CT molecular complexity index is 532. The predicted molar refractivity (Wildman–Crippen MR) is 72.1 cm³/mol. The van der Waals surface area contributed by atoms with E-state index < -0.39 is 21.7 Å². The molecule has 2 N–H and O–H groups in total. The largest absolute Gasteiger partial charge is 0.478 e. The van der Waals surface area contributed by atoms with Crippen molar-refractivity contribution in [2.45, 2.75) is 13.0 Å². The summed E-state index contributed by atoms with van der Waals surface area (Å²) in [5.41, 5.74) is -0.186. The molecule has 0 spiro atoms. The number of benzene rings is 1. The van der Waals surface area contributed by atoms with Gasteiger partial charge in [0.2, 0.25) is 0 Å². The molecule has 1 aromatic carbocycles. The van der Waals surface area contributed by atoms with Crippen LogP contribution in [-0.4, -0.2) is 38.3 Å². The van der Waals surface area contributed by atoms with Crippen molar-refractivity contribution in [1.82, 2.24) is 0 Å². The van der Waals surface area contributed by atoms with E-state index in [9.17, 15) is 19.1 Å². The van der Waals surface area contributed by atoms with Crippen LogP contribution in [0.3, 0.4) is 0 Å². The molecule has 7 nitrogen and oxygen atoms in total. The number of carboxylic acid groups (broad SMARTS) is 1. The third-order valence-corrected chi connectivity index (χ3v) is 3.30. The van der Waals surface area contributed by atoms with Crippen LogP contribution in [0.5, 0.6) is 0 Å².